The molecule has 0 saturated carbocycles. The lowest BCUT2D eigenvalue weighted by atomic mass is 10.2. The number of carbonyl (C=O) groups is 2. The number of aliphatic carboxylic acids is 1. The Morgan fingerprint density at radius 2 is 1.52 bits per heavy atom. The maximum Gasteiger partial charge on any atom is 0.478 e. The molecule has 0 aromatic rings. The summed E-state index contributed by atoms with van der Waals surface area (Å²) in [6.07, 6.45) is -0.538. The molecule has 23 heavy (non-hydrogen) atoms. The fraction of sp³-hybridized carbons (Fsp3) is 0.846. The number of ether oxygens (including phenoxy) is 1. The highest BCUT2D eigenvalue weighted by Crippen LogP contribution is 2.55. The summed E-state index contributed by atoms with van der Waals surface area (Å²) in [6, 6.07) is -1.38. The summed E-state index contributed by atoms with van der Waals surface area (Å²) in [4.78, 5) is 21.9. The van der Waals surface area contributed by atoms with Crippen molar-refractivity contribution in [2.24, 2.45) is 5.73 Å². The molecular weight excluding hydrogens is 329 g/mol. The molecule has 0 amide bonds. The van der Waals surface area contributed by atoms with Crippen LogP contribution in [0.2, 0.25) is 0 Å². The number of rotatable bonds is 8. The van der Waals surface area contributed by atoms with Crippen LogP contribution in [0.4, 0.5) is 0 Å². The van der Waals surface area contributed by atoms with E-state index in [1.807, 2.05) is 0 Å². The van der Waals surface area contributed by atoms with Gasteiger partial charge in [-0.05, 0) is 41.5 Å². The van der Waals surface area contributed by atoms with Crippen molar-refractivity contribution in [3.63, 3.8) is 0 Å². The van der Waals surface area contributed by atoms with Crippen LogP contribution in [-0.4, -0.2) is 41.1 Å². The van der Waals surface area contributed by atoms with E-state index in [2.05, 4.69) is 4.74 Å². The van der Waals surface area contributed by atoms with E-state index in [1.165, 1.54) is 0 Å². The summed E-state index contributed by atoms with van der Waals surface area (Å²) < 4.78 is 32.8. The first-order valence-corrected chi connectivity index (χ1v) is 8.40. The van der Waals surface area contributed by atoms with Crippen LogP contribution in [0.3, 0.4) is 0 Å². The topological polar surface area (TPSA) is 134 Å². The molecule has 0 aromatic carbocycles. The van der Waals surface area contributed by atoms with Gasteiger partial charge in [0.2, 0.25) is 6.79 Å². The first-order valence-electron chi connectivity index (χ1n) is 6.94. The molecule has 0 spiro atoms. The second kappa shape index (κ2) is 8.21. The first kappa shape index (κ1) is 22.0. The highest BCUT2D eigenvalue weighted by molar-refractivity contribution is 7.48. The third kappa shape index (κ3) is 11.2. The molecule has 0 rings (SSSR count). The van der Waals surface area contributed by atoms with Crippen molar-refractivity contribution in [3.8, 4) is 0 Å². The van der Waals surface area contributed by atoms with Gasteiger partial charge in [0.15, 0.2) is 0 Å². The number of esters is 1. The van der Waals surface area contributed by atoms with E-state index in [4.69, 9.17) is 24.4 Å². The number of hydrogen-bond acceptors (Lipinski definition) is 8. The van der Waals surface area contributed by atoms with E-state index < -0.39 is 50.2 Å². The molecule has 0 bridgehead atoms. The van der Waals surface area contributed by atoms with Crippen LogP contribution in [0.25, 0.3) is 0 Å². The van der Waals surface area contributed by atoms with E-state index in [1.54, 1.807) is 41.5 Å². The number of nitrogens with two attached hydrogens (primary N) is 1. The predicted molar refractivity (Wildman–Crippen MR) is 81.6 cm³/mol. The van der Waals surface area contributed by atoms with Gasteiger partial charge in [-0.15, -0.1) is 0 Å². The van der Waals surface area contributed by atoms with E-state index in [0.29, 0.717) is 0 Å². The van der Waals surface area contributed by atoms with E-state index in [9.17, 15) is 14.2 Å². The molecule has 0 unspecified atom stereocenters. The van der Waals surface area contributed by atoms with Crippen LogP contribution >= 0.6 is 7.82 Å². The number of phosphoric acid groups is 1. The number of phosphoric ester groups is 1. The third-order valence-electron chi connectivity index (χ3n) is 1.91. The normalized spacial score (nSPS) is 14.4. The van der Waals surface area contributed by atoms with Crippen LogP contribution in [-0.2, 0) is 32.5 Å². The zero-order valence-electron chi connectivity index (χ0n) is 14.3. The molecule has 0 radical (unpaired) electrons. The standard InChI is InChI=1S/C13H26NO8P/c1-12(2,3)21-23(18,22-13(4,5)6)20-8-19-10(15)7-9(14)11(16)17/h9H,7-8,14H2,1-6H3,(H,16,17)/t9-/m0/s1. The minimum Gasteiger partial charge on any atom is -0.480 e. The summed E-state index contributed by atoms with van der Waals surface area (Å²) in [6.45, 7) is 9.24. The second-order valence-electron chi connectivity index (χ2n) is 6.77. The minimum absolute atomic E-state index is 0.538. The molecular formula is C13H26NO8P. The van der Waals surface area contributed by atoms with Gasteiger partial charge in [0.05, 0.1) is 17.6 Å². The Balaban J connectivity index is 4.66. The van der Waals surface area contributed by atoms with Crippen molar-refractivity contribution in [1.29, 1.82) is 0 Å². The summed E-state index contributed by atoms with van der Waals surface area (Å²) >= 11 is 0. The Morgan fingerprint density at radius 3 is 1.87 bits per heavy atom. The lowest BCUT2D eigenvalue weighted by Crippen LogP contribution is -2.33. The Bertz CT molecular complexity index is 446. The zero-order valence-corrected chi connectivity index (χ0v) is 15.2. The average Bonchev–Trinajstić information content (AvgIpc) is 2.22. The zero-order chi connectivity index (χ0) is 18.5. The Kier molecular flexibility index (Phi) is 7.86. The van der Waals surface area contributed by atoms with Crippen LogP contribution in [0.5, 0.6) is 0 Å². The summed E-state index contributed by atoms with van der Waals surface area (Å²) in [5.74, 6) is -2.24. The van der Waals surface area contributed by atoms with Gasteiger partial charge in [0, 0.05) is 0 Å². The monoisotopic (exact) mass is 355 g/mol. The van der Waals surface area contributed by atoms with E-state index in [0.717, 1.165) is 0 Å². The molecule has 0 aliphatic rings. The van der Waals surface area contributed by atoms with E-state index >= 15 is 0 Å². The Hall–Kier alpha value is -0.990. The molecule has 3 N–H and O–H groups in total. The lowest BCUT2D eigenvalue weighted by molar-refractivity contribution is -0.155. The molecule has 0 saturated heterocycles. The van der Waals surface area contributed by atoms with Gasteiger partial charge >= 0.3 is 19.8 Å². The molecule has 0 fully saturated rings. The van der Waals surface area contributed by atoms with Gasteiger partial charge in [-0.3, -0.25) is 18.6 Å². The fourth-order valence-corrected chi connectivity index (χ4v) is 2.89. The Labute approximate surface area is 136 Å². The SMILES string of the molecule is CC(C)(C)OP(=O)(OCOC(=O)C[C@H](N)C(=O)O)OC(C)(C)C. The smallest absolute Gasteiger partial charge is 0.478 e. The van der Waals surface area contributed by atoms with Gasteiger partial charge < -0.3 is 15.6 Å². The second-order valence-corrected chi connectivity index (χ2v) is 8.28. The third-order valence-corrected chi connectivity index (χ3v) is 3.87. The van der Waals surface area contributed by atoms with Crippen LogP contribution in [0.1, 0.15) is 48.0 Å². The van der Waals surface area contributed by atoms with Crippen LogP contribution in [0, 0.1) is 0 Å². The molecule has 1 atom stereocenters. The number of carbonyl (C=O) groups excluding carboxylic acids is 1. The van der Waals surface area contributed by atoms with Gasteiger partial charge in [0.1, 0.15) is 6.04 Å². The van der Waals surface area contributed by atoms with Gasteiger partial charge in [-0.2, -0.15) is 0 Å². The van der Waals surface area contributed by atoms with Crippen molar-refractivity contribution in [3.05, 3.63) is 0 Å². The predicted octanol–water partition coefficient (Wildman–Crippen LogP) is 2.04. The average molecular weight is 355 g/mol. The summed E-state index contributed by atoms with van der Waals surface area (Å²) in [5.41, 5.74) is 3.55. The largest absolute Gasteiger partial charge is 0.480 e. The Morgan fingerprint density at radius 1 is 1.09 bits per heavy atom. The summed E-state index contributed by atoms with van der Waals surface area (Å²) in [7, 11) is -4.00. The molecule has 136 valence electrons. The summed E-state index contributed by atoms with van der Waals surface area (Å²) in [5, 5.41) is 8.59. The molecule has 0 aliphatic heterocycles. The lowest BCUT2D eigenvalue weighted by Gasteiger charge is -2.30. The molecule has 0 aliphatic carbocycles. The highest BCUT2D eigenvalue weighted by atomic mass is 31.2. The van der Waals surface area contributed by atoms with Gasteiger partial charge in [0.25, 0.3) is 0 Å². The highest BCUT2D eigenvalue weighted by Gasteiger charge is 2.37. The molecule has 10 heteroatoms. The number of hydrogen-bond donors (Lipinski definition) is 2. The van der Waals surface area contributed by atoms with Crippen LogP contribution < -0.4 is 5.73 Å². The van der Waals surface area contributed by atoms with Gasteiger partial charge in [-0.1, -0.05) is 0 Å². The van der Waals surface area contributed by atoms with Crippen molar-refractivity contribution in [2.75, 3.05) is 6.79 Å². The first-order chi connectivity index (χ1) is 10.1. The molecule has 0 aromatic heterocycles. The van der Waals surface area contributed by atoms with Crippen molar-refractivity contribution >= 4 is 19.8 Å². The number of carboxylic acids is 1. The van der Waals surface area contributed by atoms with E-state index in [-0.39, 0.29) is 0 Å². The van der Waals surface area contributed by atoms with Crippen molar-refractivity contribution in [2.45, 2.75) is 65.2 Å². The minimum atomic E-state index is -4.00. The maximum atomic E-state index is 12.6. The van der Waals surface area contributed by atoms with Crippen LogP contribution in [0.15, 0.2) is 0 Å². The molecule has 9 nitrogen and oxygen atoms in total. The molecule has 0 heterocycles. The van der Waals surface area contributed by atoms with Crippen molar-refractivity contribution < 1.29 is 37.6 Å². The van der Waals surface area contributed by atoms with Gasteiger partial charge in [-0.25, -0.2) is 9.09 Å². The fourth-order valence-electron chi connectivity index (χ4n) is 1.22. The maximum absolute atomic E-state index is 12.6. The quantitative estimate of drug-likeness (QED) is 0.381. The number of carboxylic acid groups (broad SMARTS) is 1. The van der Waals surface area contributed by atoms with Crippen molar-refractivity contribution in [1.82, 2.24) is 0 Å².